The van der Waals surface area contributed by atoms with Gasteiger partial charge >= 0.3 is 0 Å². The van der Waals surface area contributed by atoms with Gasteiger partial charge in [-0.1, -0.05) is 30.3 Å². The molecule has 0 spiro atoms. The molecule has 0 saturated carbocycles. The van der Waals surface area contributed by atoms with Crippen molar-refractivity contribution in [2.75, 3.05) is 7.05 Å². The second-order valence-electron chi connectivity index (χ2n) is 6.73. The van der Waals surface area contributed by atoms with Crippen LogP contribution >= 0.6 is 0 Å². The maximum Gasteiger partial charge on any atom is 0.123 e. The van der Waals surface area contributed by atoms with Crippen molar-refractivity contribution in [3.63, 3.8) is 0 Å². The fourth-order valence-electron chi connectivity index (χ4n) is 3.54. The van der Waals surface area contributed by atoms with E-state index in [4.69, 9.17) is 4.74 Å². The lowest BCUT2D eigenvalue weighted by molar-refractivity contribution is 0.254. The van der Waals surface area contributed by atoms with Gasteiger partial charge in [0.15, 0.2) is 0 Å². The quantitative estimate of drug-likeness (QED) is 0.721. The van der Waals surface area contributed by atoms with Crippen molar-refractivity contribution in [3.05, 3.63) is 71.4 Å². The number of benzene rings is 2. The molecule has 3 heteroatoms. The number of hydrogen-bond donors (Lipinski definition) is 0. The highest BCUT2D eigenvalue weighted by Gasteiger charge is 2.19. The van der Waals surface area contributed by atoms with Crippen LogP contribution in [0.5, 0.6) is 5.75 Å². The average Bonchev–Trinajstić information content (AvgIpc) is 2.94. The molecule has 0 N–H and O–H groups in total. The van der Waals surface area contributed by atoms with Gasteiger partial charge in [-0.25, -0.2) is 0 Å². The summed E-state index contributed by atoms with van der Waals surface area (Å²) in [5.41, 5.74) is 5.06. The summed E-state index contributed by atoms with van der Waals surface area (Å²) in [4.78, 5) is 6.80. The van der Waals surface area contributed by atoms with E-state index in [0.717, 1.165) is 30.8 Å². The van der Waals surface area contributed by atoms with Crippen LogP contribution in [0.15, 0.2) is 54.7 Å². The third-order valence-corrected chi connectivity index (χ3v) is 4.59. The van der Waals surface area contributed by atoms with Gasteiger partial charge in [0.05, 0.1) is 5.52 Å². The van der Waals surface area contributed by atoms with Gasteiger partial charge in [0.25, 0.3) is 0 Å². The molecular weight excluding hydrogens is 296 g/mol. The third kappa shape index (κ3) is 3.00. The second kappa shape index (κ2) is 6.25. The largest absolute Gasteiger partial charge is 0.490 e. The van der Waals surface area contributed by atoms with Gasteiger partial charge in [0.2, 0.25) is 0 Å². The van der Waals surface area contributed by atoms with Gasteiger partial charge in [-0.2, -0.15) is 0 Å². The van der Waals surface area contributed by atoms with E-state index in [9.17, 15) is 0 Å². The minimum atomic E-state index is 0.302. The van der Waals surface area contributed by atoms with Crippen LogP contribution in [0.25, 0.3) is 10.9 Å². The monoisotopic (exact) mass is 318 g/mol. The number of nitrogens with zero attached hydrogens (tertiary/aromatic N) is 2. The average molecular weight is 318 g/mol. The number of aromatic nitrogens is 1. The van der Waals surface area contributed by atoms with Gasteiger partial charge in [-0.15, -0.1) is 0 Å². The molecule has 1 aromatic heterocycles. The van der Waals surface area contributed by atoms with E-state index >= 15 is 0 Å². The van der Waals surface area contributed by atoms with Crippen molar-refractivity contribution in [3.8, 4) is 5.75 Å². The summed E-state index contributed by atoms with van der Waals surface area (Å²) in [5.74, 6) is 1.05. The van der Waals surface area contributed by atoms with Crippen LogP contribution in [0.3, 0.4) is 0 Å². The summed E-state index contributed by atoms with van der Waals surface area (Å²) >= 11 is 0. The SMILES string of the molecule is CC1Cc2cc(CN(C)Cc3cccc4ncccc34)ccc2O1. The molecule has 24 heavy (non-hydrogen) atoms. The predicted molar refractivity (Wildman–Crippen MR) is 97.2 cm³/mol. The summed E-state index contributed by atoms with van der Waals surface area (Å²) in [6.07, 6.45) is 3.17. The Balaban J connectivity index is 1.51. The van der Waals surface area contributed by atoms with Crippen LogP contribution in [-0.4, -0.2) is 23.0 Å². The summed E-state index contributed by atoms with van der Waals surface area (Å²) in [5, 5.41) is 1.24. The first-order valence-electron chi connectivity index (χ1n) is 8.48. The zero-order chi connectivity index (χ0) is 16.5. The van der Waals surface area contributed by atoms with Crippen LogP contribution in [0.2, 0.25) is 0 Å². The summed E-state index contributed by atoms with van der Waals surface area (Å²) < 4.78 is 5.79. The minimum Gasteiger partial charge on any atom is -0.490 e. The molecule has 3 aromatic rings. The van der Waals surface area contributed by atoms with E-state index in [2.05, 4.69) is 66.3 Å². The lowest BCUT2D eigenvalue weighted by atomic mass is 10.1. The van der Waals surface area contributed by atoms with E-state index < -0.39 is 0 Å². The topological polar surface area (TPSA) is 25.4 Å². The minimum absolute atomic E-state index is 0.302. The Morgan fingerprint density at radius 1 is 1.12 bits per heavy atom. The van der Waals surface area contributed by atoms with E-state index in [1.165, 1.54) is 22.1 Å². The molecule has 0 bridgehead atoms. The molecule has 1 aliphatic rings. The molecule has 1 unspecified atom stereocenters. The third-order valence-electron chi connectivity index (χ3n) is 4.59. The van der Waals surface area contributed by atoms with E-state index in [1.807, 2.05) is 12.3 Å². The maximum atomic E-state index is 5.79. The fourth-order valence-corrected chi connectivity index (χ4v) is 3.54. The van der Waals surface area contributed by atoms with Crippen LogP contribution in [0.1, 0.15) is 23.6 Å². The summed E-state index contributed by atoms with van der Waals surface area (Å²) in [6, 6.07) is 17.1. The maximum absolute atomic E-state index is 5.79. The van der Waals surface area contributed by atoms with Crippen molar-refractivity contribution in [1.82, 2.24) is 9.88 Å². The van der Waals surface area contributed by atoms with Crippen molar-refractivity contribution in [1.29, 1.82) is 0 Å². The Hall–Kier alpha value is -2.39. The van der Waals surface area contributed by atoms with Gasteiger partial charge in [0.1, 0.15) is 11.9 Å². The molecule has 0 fully saturated rings. The first-order chi connectivity index (χ1) is 11.7. The molecule has 122 valence electrons. The summed E-state index contributed by atoms with van der Waals surface area (Å²) in [7, 11) is 2.17. The number of fused-ring (bicyclic) bond motifs is 2. The summed E-state index contributed by atoms with van der Waals surface area (Å²) in [6.45, 7) is 3.96. The number of rotatable bonds is 4. The van der Waals surface area contributed by atoms with E-state index in [1.54, 1.807) is 0 Å². The number of pyridine rings is 1. The zero-order valence-corrected chi connectivity index (χ0v) is 14.2. The van der Waals surface area contributed by atoms with Gasteiger partial charge in [-0.05, 0) is 48.9 Å². The molecular formula is C21H22N2O. The molecule has 4 rings (SSSR count). The molecule has 0 amide bonds. The number of ether oxygens (including phenoxy) is 1. The van der Waals surface area contributed by atoms with Crippen LogP contribution in [0.4, 0.5) is 0 Å². The van der Waals surface area contributed by atoms with Crippen molar-refractivity contribution < 1.29 is 4.74 Å². The van der Waals surface area contributed by atoms with Crippen LogP contribution in [-0.2, 0) is 19.5 Å². The molecule has 0 aliphatic carbocycles. The normalized spacial score (nSPS) is 16.4. The highest BCUT2D eigenvalue weighted by molar-refractivity contribution is 5.81. The van der Waals surface area contributed by atoms with E-state index in [-0.39, 0.29) is 0 Å². The lowest BCUT2D eigenvalue weighted by Crippen LogP contribution is -2.17. The smallest absolute Gasteiger partial charge is 0.123 e. The zero-order valence-electron chi connectivity index (χ0n) is 14.2. The second-order valence-corrected chi connectivity index (χ2v) is 6.73. The first kappa shape index (κ1) is 15.2. The molecule has 2 heterocycles. The van der Waals surface area contributed by atoms with Crippen LogP contribution in [0, 0.1) is 0 Å². The molecule has 3 nitrogen and oxygen atoms in total. The number of hydrogen-bond acceptors (Lipinski definition) is 3. The molecule has 0 radical (unpaired) electrons. The van der Waals surface area contributed by atoms with Crippen molar-refractivity contribution >= 4 is 10.9 Å². The molecule has 0 saturated heterocycles. The Morgan fingerprint density at radius 2 is 2.04 bits per heavy atom. The lowest BCUT2D eigenvalue weighted by Gasteiger charge is -2.18. The highest BCUT2D eigenvalue weighted by atomic mass is 16.5. The molecule has 2 aromatic carbocycles. The van der Waals surface area contributed by atoms with Gasteiger partial charge in [0, 0.05) is 31.1 Å². The van der Waals surface area contributed by atoms with Crippen molar-refractivity contribution in [2.24, 2.45) is 0 Å². The standard InChI is InChI=1S/C21H22N2O/c1-15-11-18-12-16(8-9-21(18)24-15)13-23(2)14-17-5-3-7-20-19(17)6-4-10-22-20/h3-10,12,15H,11,13-14H2,1-2H3. The first-order valence-corrected chi connectivity index (χ1v) is 8.48. The van der Waals surface area contributed by atoms with E-state index in [0.29, 0.717) is 6.10 Å². The Labute approximate surface area is 142 Å². The Bertz CT molecular complexity index is 869. The predicted octanol–water partition coefficient (Wildman–Crippen LogP) is 4.19. The van der Waals surface area contributed by atoms with Crippen LogP contribution < -0.4 is 4.74 Å². The molecule has 1 atom stereocenters. The fraction of sp³-hybridized carbons (Fsp3) is 0.286. The Morgan fingerprint density at radius 3 is 2.96 bits per heavy atom. The molecule has 1 aliphatic heterocycles. The highest BCUT2D eigenvalue weighted by Crippen LogP contribution is 2.29. The van der Waals surface area contributed by atoms with Crippen molar-refractivity contribution in [2.45, 2.75) is 32.5 Å². The van der Waals surface area contributed by atoms with Gasteiger partial charge in [-0.3, -0.25) is 9.88 Å². The van der Waals surface area contributed by atoms with Gasteiger partial charge < -0.3 is 4.74 Å². The Kier molecular flexibility index (Phi) is 3.95.